The highest BCUT2D eigenvalue weighted by Crippen LogP contribution is 2.24. The molecule has 0 radical (unpaired) electrons. The Balaban J connectivity index is 2.15. The summed E-state index contributed by atoms with van der Waals surface area (Å²) in [6.07, 6.45) is 2.41. The van der Waals surface area contributed by atoms with Crippen molar-refractivity contribution in [2.24, 2.45) is 0 Å². The van der Waals surface area contributed by atoms with Crippen LogP contribution >= 0.6 is 11.3 Å². The van der Waals surface area contributed by atoms with Gasteiger partial charge in [0.05, 0.1) is 0 Å². The van der Waals surface area contributed by atoms with Crippen LogP contribution in [0.25, 0.3) is 4.96 Å². The standard InChI is InChI=1S/C10H12N4OS/c1-7-6-8(15)14-9(11-7)16-10(12-14)13-4-2-3-5-13/h6H,2-5H2,1H3. The predicted molar refractivity (Wildman–Crippen MR) is 63.3 cm³/mol. The van der Waals surface area contributed by atoms with Gasteiger partial charge in [0.25, 0.3) is 5.56 Å². The SMILES string of the molecule is Cc1cc(=O)n2nc(N3CCCC3)sc2n1. The van der Waals surface area contributed by atoms with Crippen LogP contribution in [-0.4, -0.2) is 27.7 Å². The van der Waals surface area contributed by atoms with E-state index in [-0.39, 0.29) is 5.56 Å². The number of rotatable bonds is 1. The second-order valence-corrected chi connectivity index (χ2v) is 4.94. The van der Waals surface area contributed by atoms with E-state index in [4.69, 9.17) is 0 Å². The first-order valence-electron chi connectivity index (χ1n) is 5.36. The second kappa shape index (κ2) is 3.55. The summed E-state index contributed by atoms with van der Waals surface area (Å²) in [6, 6.07) is 1.51. The molecule has 0 amide bonds. The number of hydrogen-bond acceptors (Lipinski definition) is 5. The number of aromatic nitrogens is 3. The Hall–Kier alpha value is -1.43. The molecule has 3 heterocycles. The quantitative estimate of drug-likeness (QED) is 0.743. The molecule has 1 aliphatic rings. The van der Waals surface area contributed by atoms with Crippen LogP contribution in [0.4, 0.5) is 5.13 Å². The van der Waals surface area contributed by atoms with Gasteiger partial charge in [-0.05, 0) is 19.8 Å². The highest BCUT2D eigenvalue weighted by molar-refractivity contribution is 7.20. The monoisotopic (exact) mass is 236 g/mol. The zero-order valence-corrected chi connectivity index (χ0v) is 9.83. The van der Waals surface area contributed by atoms with E-state index in [1.54, 1.807) is 0 Å². The third-order valence-corrected chi connectivity index (χ3v) is 3.71. The number of aryl methyl sites for hydroxylation is 1. The van der Waals surface area contributed by atoms with Crippen molar-refractivity contribution in [2.75, 3.05) is 18.0 Å². The minimum absolute atomic E-state index is 0.0933. The van der Waals surface area contributed by atoms with Gasteiger partial charge in [0, 0.05) is 24.8 Å². The number of anilines is 1. The van der Waals surface area contributed by atoms with Gasteiger partial charge in [-0.25, -0.2) is 4.98 Å². The lowest BCUT2D eigenvalue weighted by molar-refractivity contribution is 0.853. The number of hydrogen-bond donors (Lipinski definition) is 0. The highest BCUT2D eigenvalue weighted by atomic mass is 32.1. The lowest BCUT2D eigenvalue weighted by Crippen LogP contribution is -2.19. The lowest BCUT2D eigenvalue weighted by Gasteiger charge is -2.10. The van der Waals surface area contributed by atoms with Gasteiger partial charge in [-0.2, -0.15) is 4.52 Å². The molecule has 5 nitrogen and oxygen atoms in total. The maximum atomic E-state index is 11.7. The molecule has 16 heavy (non-hydrogen) atoms. The van der Waals surface area contributed by atoms with Crippen LogP contribution in [0.1, 0.15) is 18.5 Å². The second-order valence-electron chi connectivity index (χ2n) is 4.01. The van der Waals surface area contributed by atoms with Crippen molar-refractivity contribution in [1.82, 2.24) is 14.6 Å². The van der Waals surface area contributed by atoms with Crippen molar-refractivity contribution < 1.29 is 0 Å². The first-order valence-corrected chi connectivity index (χ1v) is 6.18. The Kier molecular flexibility index (Phi) is 2.17. The maximum Gasteiger partial charge on any atom is 0.275 e. The van der Waals surface area contributed by atoms with E-state index in [0.717, 1.165) is 23.9 Å². The molecule has 1 aliphatic heterocycles. The average Bonchev–Trinajstić information content (AvgIpc) is 2.82. The molecule has 0 unspecified atom stereocenters. The molecule has 6 heteroatoms. The summed E-state index contributed by atoms with van der Waals surface area (Å²) in [7, 11) is 0. The van der Waals surface area contributed by atoms with Crippen LogP contribution in [-0.2, 0) is 0 Å². The zero-order valence-electron chi connectivity index (χ0n) is 9.01. The van der Waals surface area contributed by atoms with E-state index in [0.29, 0.717) is 4.96 Å². The van der Waals surface area contributed by atoms with Gasteiger partial charge in [0.1, 0.15) is 0 Å². The Labute approximate surface area is 96.3 Å². The van der Waals surface area contributed by atoms with Crippen LogP contribution in [0.2, 0.25) is 0 Å². The third-order valence-electron chi connectivity index (χ3n) is 2.74. The van der Waals surface area contributed by atoms with Crippen LogP contribution in [0, 0.1) is 6.92 Å². The van der Waals surface area contributed by atoms with Gasteiger partial charge in [0.2, 0.25) is 10.1 Å². The van der Waals surface area contributed by atoms with Crippen LogP contribution in [0.15, 0.2) is 10.9 Å². The first kappa shape index (κ1) is 9.77. The maximum absolute atomic E-state index is 11.7. The molecule has 0 bridgehead atoms. The van der Waals surface area contributed by atoms with E-state index < -0.39 is 0 Å². The Morgan fingerprint density at radius 2 is 2.12 bits per heavy atom. The van der Waals surface area contributed by atoms with Gasteiger partial charge in [-0.15, -0.1) is 5.10 Å². The molecule has 1 fully saturated rings. The molecule has 84 valence electrons. The smallest absolute Gasteiger partial charge is 0.275 e. The fraction of sp³-hybridized carbons (Fsp3) is 0.500. The Morgan fingerprint density at radius 1 is 1.38 bits per heavy atom. The van der Waals surface area contributed by atoms with Crippen molar-refractivity contribution >= 4 is 21.4 Å². The van der Waals surface area contributed by atoms with Gasteiger partial charge in [0.15, 0.2) is 0 Å². The van der Waals surface area contributed by atoms with Crippen molar-refractivity contribution in [3.63, 3.8) is 0 Å². The van der Waals surface area contributed by atoms with Crippen LogP contribution < -0.4 is 10.5 Å². The first-order chi connectivity index (χ1) is 7.74. The summed E-state index contributed by atoms with van der Waals surface area (Å²) in [6.45, 7) is 3.90. The van der Waals surface area contributed by atoms with E-state index >= 15 is 0 Å². The average molecular weight is 236 g/mol. The Morgan fingerprint density at radius 3 is 2.88 bits per heavy atom. The fourth-order valence-corrected chi connectivity index (χ4v) is 2.95. The van der Waals surface area contributed by atoms with E-state index in [9.17, 15) is 4.79 Å². The molecule has 0 spiro atoms. The molecule has 1 saturated heterocycles. The number of fused-ring (bicyclic) bond motifs is 1. The minimum Gasteiger partial charge on any atom is -0.347 e. The largest absolute Gasteiger partial charge is 0.347 e. The molecule has 2 aromatic rings. The molecule has 2 aromatic heterocycles. The van der Waals surface area contributed by atoms with Gasteiger partial charge >= 0.3 is 0 Å². The molecule has 0 aliphatic carbocycles. The van der Waals surface area contributed by atoms with Crippen molar-refractivity contribution in [1.29, 1.82) is 0 Å². The summed E-state index contributed by atoms with van der Waals surface area (Å²) in [5.41, 5.74) is 0.658. The molecular formula is C10H12N4OS. The molecule has 0 atom stereocenters. The molecule has 0 saturated carbocycles. The summed E-state index contributed by atoms with van der Waals surface area (Å²) in [4.78, 5) is 18.9. The molecular weight excluding hydrogens is 224 g/mol. The van der Waals surface area contributed by atoms with E-state index in [1.165, 1.54) is 34.8 Å². The fourth-order valence-electron chi connectivity index (χ4n) is 1.95. The topological polar surface area (TPSA) is 50.5 Å². The van der Waals surface area contributed by atoms with Gasteiger partial charge < -0.3 is 4.90 Å². The van der Waals surface area contributed by atoms with E-state index in [2.05, 4.69) is 15.0 Å². The van der Waals surface area contributed by atoms with Crippen molar-refractivity contribution in [2.45, 2.75) is 19.8 Å². The lowest BCUT2D eigenvalue weighted by atomic mass is 10.4. The predicted octanol–water partition coefficient (Wildman–Crippen LogP) is 1.06. The Bertz CT molecular complexity index is 582. The van der Waals surface area contributed by atoms with Crippen molar-refractivity contribution in [3.05, 3.63) is 22.1 Å². The summed E-state index contributed by atoms with van der Waals surface area (Å²) >= 11 is 1.49. The minimum atomic E-state index is -0.0933. The molecule has 0 N–H and O–H groups in total. The van der Waals surface area contributed by atoms with Gasteiger partial charge in [-0.1, -0.05) is 11.3 Å². The normalized spacial score (nSPS) is 16.2. The van der Waals surface area contributed by atoms with E-state index in [1.807, 2.05) is 6.92 Å². The van der Waals surface area contributed by atoms with Crippen molar-refractivity contribution in [3.8, 4) is 0 Å². The molecule has 0 aromatic carbocycles. The third kappa shape index (κ3) is 1.49. The zero-order chi connectivity index (χ0) is 11.1. The van der Waals surface area contributed by atoms with Crippen LogP contribution in [0.5, 0.6) is 0 Å². The molecule has 3 rings (SSSR count). The summed E-state index contributed by atoms with van der Waals surface area (Å²) in [5, 5.41) is 5.23. The summed E-state index contributed by atoms with van der Waals surface area (Å²) < 4.78 is 1.39. The highest BCUT2D eigenvalue weighted by Gasteiger charge is 2.17. The number of nitrogens with zero attached hydrogens (tertiary/aromatic N) is 4. The van der Waals surface area contributed by atoms with Gasteiger partial charge in [-0.3, -0.25) is 4.79 Å². The summed E-state index contributed by atoms with van der Waals surface area (Å²) in [5.74, 6) is 0. The van der Waals surface area contributed by atoms with Crippen LogP contribution in [0.3, 0.4) is 0 Å².